The maximum Gasteiger partial charge on any atom is 0.255 e. The Balaban J connectivity index is 1.84. The van der Waals surface area contributed by atoms with Crippen LogP contribution in [0, 0.1) is 18.8 Å². The highest BCUT2D eigenvalue weighted by molar-refractivity contribution is 5.97. The van der Waals surface area contributed by atoms with Crippen LogP contribution in [0.2, 0.25) is 0 Å². The molecular weight excluding hydrogens is 338 g/mol. The third kappa shape index (κ3) is 4.48. The molecule has 1 fully saturated rings. The molecule has 5 nitrogen and oxygen atoms in total. The van der Waals surface area contributed by atoms with Gasteiger partial charge in [-0.2, -0.15) is 0 Å². The number of rotatable bonds is 6. The van der Waals surface area contributed by atoms with E-state index in [1.165, 1.54) is 0 Å². The van der Waals surface area contributed by atoms with Crippen LogP contribution >= 0.6 is 0 Å². The number of nitrogens with two attached hydrogens (primary N) is 1. The highest BCUT2D eigenvalue weighted by Crippen LogP contribution is 2.36. The molecule has 0 radical (unpaired) electrons. The lowest BCUT2D eigenvalue weighted by Crippen LogP contribution is -2.36. The van der Waals surface area contributed by atoms with E-state index in [-0.39, 0.29) is 11.9 Å². The SMILES string of the molecule is COc1c(C)cccc1C(=O)NC(c1ccccn1)C1CCC(CN)CC1. The number of methoxy groups -OCH3 is 1. The Morgan fingerprint density at radius 1 is 1.22 bits per heavy atom. The molecule has 1 aliphatic rings. The Bertz CT molecular complexity index is 755. The average Bonchev–Trinajstić information content (AvgIpc) is 2.72. The first-order valence-electron chi connectivity index (χ1n) is 9.69. The molecule has 3 rings (SSSR count). The predicted molar refractivity (Wildman–Crippen MR) is 107 cm³/mol. The second kappa shape index (κ2) is 9.00. The van der Waals surface area contributed by atoms with E-state index in [1.54, 1.807) is 13.3 Å². The first-order chi connectivity index (χ1) is 13.1. The smallest absolute Gasteiger partial charge is 0.255 e. The van der Waals surface area contributed by atoms with Gasteiger partial charge in [0.25, 0.3) is 5.91 Å². The summed E-state index contributed by atoms with van der Waals surface area (Å²) in [5.41, 5.74) is 8.26. The monoisotopic (exact) mass is 367 g/mol. The number of aromatic nitrogens is 1. The average molecular weight is 367 g/mol. The quantitative estimate of drug-likeness (QED) is 0.817. The molecule has 1 aliphatic carbocycles. The molecule has 1 heterocycles. The Morgan fingerprint density at radius 2 is 2.00 bits per heavy atom. The van der Waals surface area contributed by atoms with Gasteiger partial charge in [0.2, 0.25) is 0 Å². The van der Waals surface area contributed by atoms with E-state index in [1.807, 2.05) is 43.3 Å². The number of nitrogens with one attached hydrogen (secondary N) is 1. The second-order valence-corrected chi connectivity index (χ2v) is 7.38. The van der Waals surface area contributed by atoms with Crippen LogP contribution in [-0.2, 0) is 0 Å². The second-order valence-electron chi connectivity index (χ2n) is 7.38. The zero-order valence-corrected chi connectivity index (χ0v) is 16.2. The number of nitrogens with zero attached hydrogens (tertiary/aromatic N) is 1. The Morgan fingerprint density at radius 3 is 2.63 bits per heavy atom. The van der Waals surface area contributed by atoms with Crippen molar-refractivity contribution in [1.82, 2.24) is 10.3 Å². The number of ether oxygens (including phenoxy) is 1. The van der Waals surface area contributed by atoms with Gasteiger partial charge in [0.05, 0.1) is 24.4 Å². The third-order valence-electron chi connectivity index (χ3n) is 5.65. The number of pyridine rings is 1. The summed E-state index contributed by atoms with van der Waals surface area (Å²) >= 11 is 0. The highest BCUT2D eigenvalue weighted by Gasteiger charge is 2.31. The highest BCUT2D eigenvalue weighted by atomic mass is 16.5. The first kappa shape index (κ1) is 19.4. The van der Waals surface area contributed by atoms with Crippen molar-refractivity contribution in [2.45, 2.75) is 38.6 Å². The van der Waals surface area contributed by atoms with Gasteiger partial charge in [0.15, 0.2) is 0 Å². The van der Waals surface area contributed by atoms with Crippen molar-refractivity contribution in [3.63, 3.8) is 0 Å². The van der Waals surface area contributed by atoms with Crippen LogP contribution < -0.4 is 15.8 Å². The Kier molecular flexibility index (Phi) is 6.45. The Labute approximate surface area is 161 Å². The maximum atomic E-state index is 13.1. The van der Waals surface area contributed by atoms with Crippen molar-refractivity contribution in [3.05, 3.63) is 59.4 Å². The van der Waals surface area contributed by atoms with E-state index in [0.717, 1.165) is 43.5 Å². The van der Waals surface area contributed by atoms with Crippen LogP contribution in [0.5, 0.6) is 5.75 Å². The molecule has 0 aliphatic heterocycles. The summed E-state index contributed by atoms with van der Waals surface area (Å²) in [6.45, 7) is 2.69. The largest absolute Gasteiger partial charge is 0.496 e. The van der Waals surface area contributed by atoms with Crippen molar-refractivity contribution in [2.24, 2.45) is 17.6 Å². The van der Waals surface area contributed by atoms with Gasteiger partial charge in [-0.3, -0.25) is 9.78 Å². The molecule has 1 amide bonds. The molecule has 0 bridgehead atoms. The van der Waals surface area contributed by atoms with Gasteiger partial charge in [-0.05, 0) is 74.8 Å². The summed E-state index contributed by atoms with van der Waals surface area (Å²) < 4.78 is 5.47. The van der Waals surface area contributed by atoms with Crippen LogP contribution in [0.1, 0.15) is 53.3 Å². The normalized spacial score (nSPS) is 20.7. The van der Waals surface area contributed by atoms with Gasteiger partial charge in [-0.15, -0.1) is 0 Å². The fourth-order valence-corrected chi connectivity index (χ4v) is 4.07. The van der Waals surface area contributed by atoms with Crippen LogP contribution in [0.3, 0.4) is 0 Å². The molecule has 0 spiro atoms. The van der Waals surface area contributed by atoms with Crippen molar-refractivity contribution < 1.29 is 9.53 Å². The van der Waals surface area contributed by atoms with Crippen molar-refractivity contribution in [1.29, 1.82) is 0 Å². The number of benzene rings is 1. The molecule has 1 atom stereocenters. The summed E-state index contributed by atoms with van der Waals surface area (Å²) in [7, 11) is 1.60. The van der Waals surface area contributed by atoms with E-state index < -0.39 is 0 Å². The minimum absolute atomic E-state index is 0.109. The number of hydrogen-bond acceptors (Lipinski definition) is 4. The summed E-state index contributed by atoms with van der Waals surface area (Å²) in [6, 6.07) is 11.4. The topological polar surface area (TPSA) is 77.2 Å². The van der Waals surface area contributed by atoms with Crippen LogP contribution in [0.25, 0.3) is 0 Å². The van der Waals surface area contributed by atoms with Crippen molar-refractivity contribution in [2.75, 3.05) is 13.7 Å². The van der Waals surface area contributed by atoms with E-state index in [4.69, 9.17) is 10.5 Å². The van der Waals surface area contributed by atoms with Crippen LogP contribution in [0.4, 0.5) is 0 Å². The fourth-order valence-electron chi connectivity index (χ4n) is 4.07. The van der Waals surface area contributed by atoms with E-state index in [9.17, 15) is 4.79 Å². The minimum Gasteiger partial charge on any atom is -0.496 e. The number of carbonyl (C=O) groups is 1. The van der Waals surface area contributed by atoms with Crippen molar-refractivity contribution in [3.8, 4) is 5.75 Å². The maximum absolute atomic E-state index is 13.1. The summed E-state index contributed by atoms with van der Waals surface area (Å²) in [5.74, 6) is 1.47. The summed E-state index contributed by atoms with van der Waals surface area (Å²) in [4.78, 5) is 17.6. The molecule has 144 valence electrons. The molecule has 2 aromatic rings. The summed E-state index contributed by atoms with van der Waals surface area (Å²) in [5, 5.41) is 3.24. The van der Waals surface area contributed by atoms with Gasteiger partial charge < -0.3 is 15.8 Å². The third-order valence-corrected chi connectivity index (χ3v) is 5.65. The van der Waals surface area contributed by atoms with Crippen LogP contribution in [-0.4, -0.2) is 24.5 Å². The van der Waals surface area contributed by atoms with Gasteiger partial charge in [-0.1, -0.05) is 18.2 Å². The molecular formula is C22H29N3O2. The number of amides is 1. The molecule has 1 aromatic heterocycles. The van der Waals surface area contributed by atoms with Gasteiger partial charge in [0, 0.05) is 6.20 Å². The van der Waals surface area contributed by atoms with E-state index in [2.05, 4.69) is 10.3 Å². The molecule has 27 heavy (non-hydrogen) atoms. The number of hydrogen-bond donors (Lipinski definition) is 2. The number of carbonyl (C=O) groups excluding carboxylic acids is 1. The molecule has 0 saturated heterocycles. The lowest BCUT2D eigenvalue weighted by molar-refractivity contribution is 0.0902. The molecule has 5 heteroatoms. The van der Waals surface area contributed by atoms with E-state index >= 15 is 0 Å². The number of para-hydroxylation sites is 1. The predicted octanol–water partition coefficient (Wildman–Crippen LogP) is 3.63. The molecule has 1 saturated carbocycles. The molecule has 1 aromatic carbocycles. The molecule has 1 unspecified atom stereocenters. The Hall–Kier alpha value is -2.40. The van der Waals surface area contributed by atoms with Gasteiger partial charge in [0.1, 0.15) is 5.75 Å². The van der Waals surface area contributed by atoms with E-state index in [0.29, 0.717) is 23.1 Å². The summed E-state index contributed by atoms with van der Waals surface area (Å²) in [6.07, 6.45) is 6.10. The lowest BCUT2D eigenvalue weighted by atomic mass is 9.77. The zero-order valence-electron chi connectivity index (χ0n) is 16.2. The zero-order chi connectivity index (χ0) is 19.2. The van der Waals surface area contributed by atoms with Crippen LogP contribution in [0.15, 0.2) is 42.6 Å². The van der Waals surface area contributed by atoms with Gasteiger partial charge in [-0.25, -0.2) is 0 Å². The standard InChI is InChI=1S/C22H29N3O2/c1-15-6-5-7-18(21(15)27-2)22(26)25-20(19-8-3-4-13-24-19)17-11-9-16(14-23)10-12-17/h3-8,13,16-17,20H,9-12,14,23H2,1-2H3,(H,25,26). The fraction of sp³-hybridized carbons (Fsp3) is 0.455. The molecule has 3 N–H and O–H groups in total. The minimum atomic E-state index is -0.118. The van der Waals surface area contributed by atoms with Gasteiger partial charge >= 0.3 is 0 Å². The number of aryl methyl sites for hydroxylation is 1. The van der Waals surface area contributed by atoms with Crippen molar-refractivity contribution >= 4 is 5.91 Å². The lowest BCUT2D eigenvalue weighted by Gasteiger charge is -2.33. The first-order valence-corrected chi connectivity index (χ1v) is 9.69.